The Morgan fingerprint density at radius 2 is 1.94 bits per heavy atom. The lowest BCUT2D eigenvalue weighted by molar-refractivity contribution is -0.118. The molecule has 2 aromatic rings. The van der Waals surface area contributed by atoms with Gasteiger partial charge in [-0.05, 0) is 43.7 Å². The van der Waals surface area contributed by atoms with Crippen LogP contribution in [0.1, 0.15) is 54.2 Å². The van der Waals surface area contributed by atoms with Crippen LogP contribution in [0, 0.1) is 5.92 Å². The zero-order chi connectivity index (χ0) is 25.1. The topological polar surface area (TPSA) is 132 Å². The van der Waals surface area contributed by atoms with Crippen LogP contribution in [0.25, 0.3) is 0 Å². The number of carbonyl (C=O) groups is 3. The highest BCUT2D eigenvalue weighted by Crippen LogP contribution is 2.34. The normalized spacial score (nSPS) is 17.0. The van der Waals surface area contributed by atoms with Crippen LogP contribution in [0.3, 0.4) is 0 Å². The van der Waals surface area contributed by atoms with E-state index in [1.165, 1.54) is 0 Å². The number of piperidine rings is 1. The van der Waals surface area contributed by atoms with Crippen molar-refractivity contribution in [3.8, 4) is 0 Å². The molecule has 3 amide bonds. The number of halogens is 1. The van der Waals surface area contributed by atoms with Gasteiger partial charge in [-0.1, -0.05) is 36.7 Å². The molecule has 1 unspecified atom stereocenters. The van der Waals surface area contributed by atoms with Gasteiger partial charge in [0.1, 0.15) is 12.4 Å². The molecule has 186 valence electrons. The lowest BCUT2D eigenvalue weighted by atomic mass is 9.98. The summed E-state index contributed by atoms with van der Waals surface area (Å²) in [4.78, 5) is 44.4. The van der Waals surface area contributed by atoms with E-state index in [1.807, 2.05) is 31.2 Å². The molecule has 0 saturated carbocycles. The predicted octanol–water partition coefficient (Wildman–Crippen LogP) is 3.40. The van der Waals surface area contributed by atoms with E-state index in [4.69, 9.17) is 32.8 Å². The third-order valence-electron chi connectivity index (χ3n) is 6.65. The number of primary amides is 2. The first-order chi connectivity index (χ1) is 16.7. The number of aromatic nitrogens is 1. The SMILES string of the molecule is CC(CCc1nc(N2CCC(N3C(=O)OCc4ccccc43)CC2)c(Cl)cc1C(N)=O)CC(N)=O. The molecule has 1 fully saturated rings. The van der Waals surface area contributed by atoms with Gasteiger partial charge < -0.3 is 21.1 Å². The third-order valence-corrected chi connectivity index (χ3v) is 6.93. The van der Waals surface area contributed by atoms with E-state index < -0.39 is 5.91 Å². The smallest absolute Gasteiger partial charge is 0.414 e. The summed E-state index contributed by atoms with van der Waals surface area (Å²) in [6.07, 6.45) is 2.48. The quantitative estimate of drug-likeness (QED) is 0.572. The number of hydrogen-bond donors (Lipinski definition) is 2. The maximum absolute atomic E-state index is 12.6. The highest BCUT2D eigenvalue weighted by Gasteiger charge is 2.34. The Morgan fingerprint density at radius 3 is 2.63 bits per heavy atom. The number of hydrogen-bond acceptors (Lipinski definition) is 6. The summed E-state index contributed by atoms with van der Waals surface area (Å²) in [5, 5.41) is 0.355. The summed E-state index contributed by atoms with van der Waals surface area (Å²) in [5.74, 6) is -0.309. The number of cyclic esters (lactones) is 1. The molecule has 1 saturated heterocycles. The number of aryl methyl sites for hydroxylation is 1. The molecule has 2 aliphatic heterocycles. The minimum absolute atomic E-state index is 0.00186. The number of ether oxygens (including phenoxy) is 1. The fraction of sp³-hybridized carbons (Fsp3) is 0.440. The maximum atomic E-state index is 12.6. The van der Waals surface area contributed by atoms with Crippen molar-refractivity contribution < 1.29 is 19.1 Å². The Kier molecular flexibility index (Phi) is 7.45. The number of anilines is 2. The van der Waals surface area contributed by atoms with E-state index in [-0.39, 0.29) is 42.6 Å². The number of carbonyl (C=O) groups excluding carboxylic acids is 3. The van der Waals surface area contributed by atoms with Crippen molar-refractivity contribution in [3.05, 3.63) is 52.2 Å². The summed E-state index contributed by atoms with van der Waals surface area (Å²) in [6, 6.07) is 9.36. The molecule has 0 radical (unpaired) electrons. The lowest BCUT2D eigenvalue weighted by Gasteiger charge is -2.40. The van der Waals surface area contributed by atoms with Gasteiger partial charge in [-0.3, -0.25) is 14.5 Å². The Labute approximate surface area is 209 Å². The van der Waals surface area contributed by atoms with Gasteiger partial charge in [-0.15, -0.1) is 0 Å². The minimum atomic E-state index is -0.593. The van der Waals surface area contributed by atoms with Gasteiger partial charge in [0.15, 0.2) is 0 Å². The first kappa shape index (κ1) is 24.8. The maximum Gasteiger partial charge on any atom is 0.414 e. The average molecular weight is 500 g/mol. The largest absolute Gasteiger partial charge is 0.444 e. The van der Waals surface area contributed by atoms with E-state index in [0.29, 0.717) is 55.3 Å². The van der Waals surface area contributed by atoms with Crippen molar-refractivity contribution in [3.63, 3.8) is 0 Å². The van der Waals surface area contributed by atoms with E-state index >= 15 is 0 Å². The molecule has 1 aromatic carbocycles. The highest BCUT2D eigenvalue weighted by molar-refractivity contribution is 6.33. The number of para-hydroxylation sites is 1. The van der Waals surface area contributed by atoms with Crippen LogP contribution in [-0.2, 0) is 22.6 Å². The summed E-state index contributed by atoms with van der Waals surface area (Å²) in [7, 11) is 0. The molecule has 1 atom stereocenters. The molecule has 4 rings (SSSR count). The van der Waals surface area contributed by atoms with E-state index in [2.05, 4.69) is 4.90 Å². The Hall–Kier alpha value is -3.33. The van der Waals surface area contributed by atoms with Gasteiger partial charge in [0, 0.05) is 31.1 Å². The molecule has 0 spiro atoms. The highest BCUT2D eigenvalue weighted by atomic mass is 35.5. The molecule has 35 heavy (non-hydrogen) atoms. The number of benzene rings is 1. The molecule has 1 aromatic heterocycles. The summed E-state index contributed by atoms with van der Waals surface area (Å²) >= 11 is 6.53. The summed E-state index contributed by atoms with van der Waals surface area (Å²) in [5.41, 5.74) is 13.6. The Bertz CT molecular complexity index is 1130. The molecule has 4 N–H and O–H groups in total. The van der Waals surface area contributed by atoms with Crippen molar-refractivity contribution in [2.24, 2.45) is 17.4 Å². The third kappa shape index (κ3) is 5.51. The van der Waals surface area contributed by atoms with Crippen molar-refractivity contribution in [2.75, 3.05) is 22.9 Å². The monoisotopic (exact) mass is 499 g/mol. The van der Waals surface area contributed by atoms with Gasteiger partial charge in [-0.2, -0.15) is 0 Å². The number of pyridine rings is 1. The van der Waals surface area contributed by atoms with Crippen LogP contribution in [0.5, 0.6) is 0 Å². The second-order valence-corrected chi connectivity index (χ2v) is 9.65. The van der Waals surface area contributed by atoms with Gasteiger partial charge in [0.05, 0.1) is 22.0 Å². The number of nitrogens with two attached hydrogens (primary N) is 2. The fourth-order valence-electron chi connectivity index (χ4n) is 4.83. The predicted molar refractivity (Wildman–Crippen MR) is 133 cm³/mol. The molecule has 10 heteroatoms. The summed E-state index contributed by atoms with van der Waals surface area (Å²) < 4.78 is 5.39. The van der Waals surface area contributed by atoms with Crippen LogP contribution < -0.4 is 21.3 Å². The number of amides is 3. The minimum Gasteiger partial charge on any atom is -0.444 e. The molecule has 2 aliphatic rings. The first-order valence-electron chi connectivity index (χ1n) is 11.8. The Morgan fingerprint density at radius 1 is 1.23 bits per heavy atom. The second kappa shape index (κ2) is 10.5. The molecule has 9 nitrogen and oxygen atoms in total. The van der Waals surface area contributed by atoms with Gasteiger partial charge in [0.25, 0.3) is 5.91 Å². The molecule has 3 heterocycles. The van der Waals surface area contributed by atoms with E-state index in [1.54, 1.807) is 11.0 Å². The van der Waals surface area contributed by atoms with Gasteiger partial charge in [0.2, 0.25) is 5.91 Å². The average Bonchev–Trinajstić information content (AvgIpc) is 2.82. The number of fused-ring (bicyclic) bond motifs is 1. The van der Waals surface area contributed by atoms with Crippen LogP contribution >= 0.6 is 11.6 Å². The van der Waals surface area contributed by atoms with Gasteiger partial charge in [-0.25, -0.2) is 9.78 Å². The standard InChI is InChI=1S/C25H30ClN5O4/c1-15(12-22(27)32)6-7-20-18(23(28)33)13-19(26)24(29-20)30-10-8-17(9-11-30)31-21-5-3-2-4-16(21)14-35-25(31)34/h2-5,13,15,17H,6-12,14H2,1H3,(H2,27,32)(H2,28,33). The van der Waals surface area contributed by atoms with Crippen LogP contribution in [0.4, 0.5) is 16.3 Å². The van der Waals surface area contributed by atoms with Crippen LogP contribution in [0.2, 0.25) is 5.02 Å². The number of nitrogens with zero attached hydrogens (tertiary/aromatic N) is 3. The summed E-state index contributed by atoms with van der Waals surface area (Å²) in [6.45, 7) is 3.49. The van der Waals surface area contributed by atoms with Gasteiger partial charge >= 0.3 is 6.09 Å². The molecular weight excluding hydrogens is 470 g/mol. The van der Waals surface area contributed by atoms with Crippen molar-refractivity contribution in [2.45, 2.75) is 51.7 Å². The van der Waals surface area contributed by atoms with E-state index in [0.717, 1.165) is 11.3 Å². The van der Waals surface area contributed by atoms with Crippen molar-refractivity contribution >= 4 is 41.0 Å². The number of rotatable bonds is 8. The molecule has 0 bridgehead atoms. The van der Waals surface area contributed by atoms with Crippen molar-refractivity contribution in [1.82, 2.24) is 4.98 Å². The molecular formula is C25H30ClN5O4. The van der Waals surface area contributed by atoms with E-state index in [9.17, 15) is 14.4 Å². The second-order valence-electron chi connectivity index (χ2n) is 9.24. The zero-order valence-electron chi connectivity index (χ0n) is 19.7. The van der Waals surface area contributed by atoms with Crippen molar-refractivity contribution in [1.29, 1.82) is 0 Å². The van der Waals surface area contributed by atoms with Crippen LogP contribution in [0.15, 0.2) is 30.3 Å². The lowest BCUT2D eigenvalue weighted by Crippen LogP contribution is -2.49. The zero-order valence-corrected chi connectivity index (χ0v) is 20.5. The fourth-order valence-corrected chi connectivity index (χ4v) is 5.10. The Balaban J connectivity index is 1.50. The van der Waals surface area contributed by atoms with Crippen LogP contribution in [-0.4, -0.2) is 42.0 Å². The first-order valence-corrected chi connectivity index (χ1v) is 12.2. The molecule has 0 aliphatic carbocycles.